The van der Waals surface area contributed by atoms with Gasteiger partial charge in [-0.2, -0.15) is 0 Å². The number of aliphatic carboxylic acids is 1. The second-order valence-corrected chi connectivity index (χ2v) is 5.28. The highest BCUT2D eigenvalue weighted by atomic mass is 16.4. The summed E-state index contributed by atoms with van der Waals surface area (Å²) >= 11 is 0. The van der Waals surface area contributed by atoms with Gasteiger partial charge in [-0.15, -0.1) is 0 Å². The summed E-state index contributed by atoms with van der Waals surface area (Å²) in [7, 11) is 2.19. The van der Waals surface area contributed by atoms with E-state index in [0.717, 1.165) is 19.3 Å². The molecule has 1 atom stereocenters. The fraction of sp³-hybridized carbons (Fsp3) is 0.625. The summed E-state index contributed by atoms with van der Waals surface area (Å²) in [5.74, 6) is -0.682. The average Bonchev–Trinajstić information content (AvgIpc) is 2.87. The maximum Gasteiger partial charge on any atom is 0.303 e. The SMILES string of the molecule is CCCCCC(=O)O.CN1CCC[C@H]1c1cccnc1. The van der Waals surface area contributed by atoms with Crippen molar-refractivity contribution in [2.24, 2.45) is 0 Å². The van der Waals surface area contributed by atoms with Crippen LogP contribution >= 0.6 is 0 Å². The number of hydrogen-bond donors (Lipinski definition) is 1. The van der Waals surface area contributed by atoms with Crippen LogP contribution in [-0.4, -0.2) is 34.6 Å². The standard InChI is InChI=1S/C10H14N2.C6H12O2/c1-12-7-3-5-10(12)9-4-2-6-11-8-9;1-2-3-4-5-6(7)8/h2,4,6,8,10H,3,5,7H2,1H3;2-5H2,1H3,(H,7,8)/t10-;/m0./s1. The highest BCUT2D eigenvalue weighted by Gasteiger charge is 2.21. The summed E-state index contributed by atoms with van der Waals surface area (Å²) in [6.07, 6.45) is 9.68. The number of pyridine rings is 1. The van der Waals surface area contributed by atoms with Crippen molar-refractivity contribution in [3.63, 3.8) is 0 Å². The molecule has 0 aromatic carbocycles. The molecule has 20 heavy (non-hydrogen) atoms. The van der Waals surface area contributed by atoms with Crippen LogP contribution in [-0.2, 0) is 4.79 Å². The summed E-state index contributed by atoms with van der Waals surface area (Å²) in [5, 5.41) is 8.14. The summed E-state index contributed by atoms with van der Waals surface area (Å²) in [4.78, 5) is 16.4. The van der Waals surface area contributed by atoms with E-state index in [1.54, 1.807) is 0 Å². The molecule has 0 unspecified atom stereocenters. The lowest BCUT2D eigenvalue weighted by Crippen LogP contribution is -2.17. The highest BCUT2D eigenvalue weighted by molar-refractivity contribution is 5.66. The van der Waals surface area contributed by atoms with Gasteiger partial charge in [0.1, 0.15) is 0 Å². The van der Waals surface area contributed by atoms with Crippen LogP contribution in [0.15, 0.2) is 24.5 Å². The molecular formula is C16H26N2O2. The second-order valence-electron chi connectivity index (χ2n) is 5.28. The number of hydrogen-bond acceptors (Lipinski definition) is 3. The molecule has 1 saturated heterocycles. The Kier molecular flexibility index (Phi) is 7.88. The van der Waals surface area contributed by atoms with E-state index in [9.17, 15) is 4.79 Å². The minimum atomic E-state index is -0.682. The van der Waals surface area contributed by atoms with E-state index in [0.29, 0.717) is 12.5 Å². The quantitative estimate of drug-likeness (QED) is 0.838. The van der Waals surface area contributed by atoms with Crippen LogP contribution in [0.3, 0.4) is 0 Å². The van der Waals surface area contributed by atoms with Gasteiger partial charge in [0, 0.05) is 24.9 Å². The molecular weight excluding hydrogens is 252 g/mol. The number of rotatable bonds is 5. The van der Waals surface area contributed by atoms with Crippen LogP contribution in [0.4, 0.5) is 0 Å². The van der Waals surface area contributed by atoms with E-state index in [4.69, 9.17) is 5.11 Å². The van der Waals surface area contributed by atoms with E-state index in [1.165, 1.54) is 24.9 Å². The molecule has 1 aliphatic heterocycles. The zero-order valence-electron chi connectivity index (χ0n) is 12.6. The lowest BCUT2D eigenvalue weighted by molar-refractivity contribution is -0.137. The van der Waals surface area contributed by atoms with Gasteiger partial charge in [0.05, 0.1) is 0 Å². The molecule has 0 bridgehead atoms. The highest BCUT2D eigenvalue weighted by Crippen LogP contribution is 2.29. The predicted molar refractivity (Wildman–Crippen MR) is 80.6 cm³/mol. The van der Waals surface area contributed by atoms with Gasteiger partial charge in [-0.3, -0.25) is 14.7 Å². The van der Waals surface area contributed by atoms with Crippen LogP contribution in [0, 0.1) is 0 Å². The lowest BCUT2D eigenvalue weighted by Gasteiger charge is -2.18. The van der Waals surface area contributed by atoms with Crippen molar-refractivity contribution in [2.45, 2.75) is 51.5 Å². The number of carboxylic acid groups (broad SMARTS) is 1. The Morgan fingerprint density at radius 2 is 2.30 bits per heavy atom. The molecule has 1 fully saturated rings. The van der Waals surface area contributed by atoms with E-state index in [-0.39, 0.29) is 0 Å². The number of aromatic nitrogens is 1. The van der Waals surface area contributed by atoms with Gasteiger partial charge in [0.25, 0.3) is 0 Å². The van der Waals surface area contributed by atoms with Crippen molar-refractivity contribution < 1.29 is 9.90 Å². The Morgan fingerprint density at radius 1 is 1.50 bits per heavy atom. The maximum absolute atomic E-state index is 9.87. The number of nitrogens with zero attached hydrogens (tertiary/aromatic N) is 2. The molecule has 0 saturated carbocycles. The third-order valence-corrected chi connectivity index (χ3v) is 3.58. The average molecular weight is 278 g/mol. The molecule has 1 aliphatic rings. The second kappa shape index (κ2) is 9.48. The molecule has 0 amide bonds. The molecule has 4 nitrogen and oxygen atoms in total. The van der Waals surface area contributed by atoms with Crippen molar-refractivity contribution in [3.8, 4) is 0 Å². The Balaban J connectivity index is 0.000000221. The van der Waals surface area contributed by atoms with Gasteiger partial charge >= 0.3 is 5.97 Å². The normalized spacial score (nSPS) is 18.4. The van der Waals surface area contributed by atoms with Gasteiger partial charge in [-0.1, -0.05) is 25.8 Å². The first-order valence-corrected chi connectivity index (χ1v) is 7.47. The van der Waals surface area contributed by atoms with Gasteiger partial charge < -0.3 is 5.11 Å². The Labute approximate surface area is 121 Å². The van der Waals surface area contributed by atoms with Crippen molar-refractivity contribution in [3.05, 3.63) is 30.1 Å². The monoisotopic (exact) mass is 278 g/mol. The van der Waals surface area contributed by atoms with Crippen molar-refractivity contribution in [1.82, 2.24) is 9.88 Å². The molecule has 112 valence electrons. The predicted octanol–water partition coefficient (Wildman–Crippen LogP) is 3.50. The molecule has 0 spiro atoms. The Morgan fingerprint density at radius 3 is 2.80 bits per heavy atom. The van der Waals surface area contributed by atoms with Gasteiger partial charge in [-0.25, -0.2) is 0 Å². The van der Waals surface area contributed by atoms with Crippen molar-refractivity contribution in [2.75, 3.05) is 13.6 Å². The van der Waals surface area contributed by atoms with Crippen LogP contribution in [0.5, 0.6) is 0 Å². The summed E-state index contributed by atoms with van der Waals surface area (Å²) < 4.78 is 0. The topological polar surface area (TPSA) is 53.4 Å². The molecule has 0 radical (unpaired) electrons. The zero-order chi connectivity index (χ0) is 14.8. The summed E-state index contributed by atoms with van der Waals surface area (Å²) in [5.41, 5.74) is 1.36. The van der Waals surface area contributed by atoms with E-state index >= 15 is 0 Å². The van der Waals surface area contributed by atoms with Crippen LogP contribution < -0.4 is 0 Å². The largest absolute Gasteiger partial charge is 0.481 e. The fourth-order valence-corrected chi connectivity index (χ4v) is 2.43. The van der Waals surface area contributed by atoms with E-state index < -0.39 is 5.97 Å². The third kappa shape index (κ3) is 6.15. The van der Waals surface area contributed by atoms with Crippen molar-refractivity contribution in [1.29, 1.82) is 0 Å². The Hall–Kier alpha value is -1.42. The van der Waals surface area contributed by atoms with Crippen molar-refractivity contribution >= 4 is 5.97 Å². The molecule has 2 rings (SSSR count). The van der Waals surface area contributed by atoms with Gasteiger partial charge in [-0.05, 0) is 44.5 Å². The number of likely N-dealkylation sites (tertiary alicyclic amines) is 1. The first-order chi connectivity index (χ1) is 9.65. The van der Waals surface area contributed by atoms with Crippen LogP contribution in [0.1, 0.15) is 57.1 Å². The van der Waals surface area contributed by atoms with E-state index in [2.05, 4.69) is 29.9 Å². The first kappa shape index (κ1) is 16.6. The number of carboxylic acids is 1. The zero-order valence-corrected chi connectivity index (χ0v) is 12.6. The summed E-state index contributed by atoms with van der Waals surface area (Å²) in [6, 6.07) is 4.79. The minimum absolute atomic E-state index is 0.327. The Bertz CT molecular complexity index is 381. The number of carbonyl (C=O) groups is 1. The van der Waals surface area contributed by atoms with Crippen LogP contribution in [0.2, 0.25) is 0 Å². The van der Waals surface area contributed by atoms with Crippen LogP contribution in [0.25, 0.3) is 0 Å². The smallest absolute Gasteiger partial charge is 0.303 e. The fourth-order valence-electron chi connectivity index (χ4n) is 2.43. The molecule has 1 aromatic heterocycles. The van der Waals surface area contributed by atoms with E-state index in [1.807, 2.05) is 18.5 Å². The van der Waals surface area contributed by atoms with Gasteiger partial charge in [0.2, 0.25) is 0 Å². The molecule has 1 N–H and O–H groups in total. The molecule has 2 heterocycles. The van der Waals surface area contributed by atoms with Gasteiger partial charge in [0.15, 0.2) is 0 Å². The maximum atomic E-state index is 9.87. The molecule has 0 aliphatic carbocycles. The molecule has 1 aromatic rings. The minimum Gasteiger partial charge on any atom is -0.481 e. The first-order valence-electron chi connectivity index (χ1n) is 7.47. The number of unbranched alkanes of at least 4 members (excludes halogenated alkanes) is 2. The third-order valence-electron chi connectivity index (χ3n) is 3.58. The molecule has 4 heteroatoms. The lowest BCUT2D eigenvalue weighted by atomic mass is 10.1. The summed E-state index contributed by atoms with van der Waals surface area (Å²) in [6.45, 7) is 3.28.